The number of amides is 3. The van der Waals surface area contributed by atoms with Gasteiger partial charge >= 0.3 is 6.03 Å². The smallest absolute Gasteiger partial charge is 0.316 e. The fourth-order valence-corrected chi connectivity index (χ4v) is 3.60. The van der Waals surface area contributed by atoms with Gasteiger partial charge < -0.3 is 31.9 Å². The summed E-state index contributed by atoms with van der Waals surface area (Å²) < 4.78 is 0. The number of urea groups is 1. The number of carbonyl (C=O) groups excluding carboxylic acids is 2. The van der Waals surface area contributed by atoms with E-state index in [1.165, 1.54) is 12.1 Å². The highest BCUT2D eigenvalue weighted by molar-refractivity contribution is 5.89. The number of hydrogen-bond acceptors (Lipinski definition) is 5. The molecule has 172 valence electrons. The number of rotatable bonds is 10. The maximum atomic E-state index is 12.1. The highest BCUT2D eigenvalue weighted by Crippen LogP contribution is 2.27. The van der Waals surface area contributed by atoms with Crippen LogP contribution in [0.25, 0.3) is 0 Å². The van der Waals surface area contributed by atoms with E-state index in [-0.39, 0.29) is 29.4 Å². The highest BCUT2D eigenvalue weighted by Gasteiger charge is 2.24. The van der Waals surface area contributed by atoms with Crippen molar-refractivity contribution in [3.63, 3.8) is 0 Å². The van der Waals surface area contributed by atoms with Crippen LogP contribution in [0.3, 0.4) is 0 Å². The van der Waals surface area contributed by atoms with Crippen molar-refractivity contribution < 1.29 is 19.8 Å². The van der Waals surface area contributed by atoms with Crippen LogP contribution >= 0.6 is 0 Å². The molecule has 3 amide bonds. The lowest BCUT2D eigenvalue weighted by atomic mass is 9.93. The summed E-state index contributed by atoms with van der Waals surface area (Å²) >= 11 is 0. The molecular weight excluding hydrogens is 408 g/mol. The van der Waals surface area contributed by atoms with Crippen LogP contribution < -0.4 is 21.7 Å². The van der Waals surface area contributed by atoms with Gasteiger partial charge in [-0.25, -0.2) is 4.79 Å². The van der Waals surface area contributed by atoms with Crippen molar-refractivity contribution in [3.8, 4) is 5.75 Å². The maximum absolute atomic E-state index is 12.1. The molecule has 1 saturated carbocycles. The second-order valence-electron chi connectivity index (χ2n) is 9.06. The summed E-state index contributed by atoms with van der Waals surface area (Å²) in [7, 11) is 0. The van der Waals surface area contributed by atoms with Crippen molar-refractivity contribution in [3.05, 3.63) is 59.2 Å². The molecule has 0 radical (unpaired) electrons. The summed E-state index contributed by atoms with van der Waals surface area (Å²) in [6.45, 7) is 4.36. The number of nitrogens with two attached hydrogens (primary N) is 1. The maximum Gasteiger partial charge on any atom is 0.316 e. The minimum absolute atomic E-state index is 0.0595. The standard InChI is InChI=1S/C24H32N4O4/c1-24(2,13-16-5-3-4-15(10-16)11-22(31)27-18-7-8-18)26-14-21(30)17-6-9-20(29)19(12-17)28-23(25)32/h3-6,9-10,12,18,21,26,29-30H,7-8,11,13-14H2,1-2H3,(H,27,31)(H3,25,28,32)/t21-/m0/s1. The Hall–Kier alpha value is -3.10. The van der Waals surface area contributed by atoms with Gasteiger partial charge in [-0.15, -0.1) is 0 Å². The molecule has 0 aromatic heterocycles. The molecule has 2 aromatic rings. The Morgan fingerprint density at radius 3 is 2.56 bits per heavy atom. The predicted octanol–water partition coefficient (Wildman–Crippen LogP) is 2.35. The van der Waals surface area contributed by atoms with Crippen LogP contribution in [-0.2, 0) is 17.6 Å². The second kappa shape index (κ2) is 10.0. The van der Waals surface area contributed by atoms with Gasteiger partial charge in [0.25, 0.3) is 0 Å². The number of hydrogen-bond donors (Lipinski definition) is 6. The van der Waals surface area contributed by atoms with Gasteiger partial charge in [0.1, 0.15) is 5.75 Å². The van der Waals surface area contributed by atoms with E-state index in [9.17, 15) is 19.8 Å². The molecule has 0 saturated heterocycles. The molecule has 8 heteroatoms. The predicted molar refractivity (Wildman–Crippen MR) is 123 cm³/mol. The average Bonchev–Trinajstić information content (AvgIpc) is 3.51. The fraction of sp³-hybridized carbons (Fsp3) is 0.417. The van der Waals surface area contributed by atoms with E-state index in [1.54, 1.807) is 6.07 Å². The van der Waals surface area contributed by atoms with Gasteiger partial charge in [0, 0.05) is 18.1 Å². The van der Waals surface area contributed by atoms with Gasteiger partial charge in [-0.3, -0.25) is 4.79 Å². The van der Waals surface area contributed by atoms with Crippen LogP contribution in [0, 0.1) is 0 Å². The largest absolute Gasteiger partial charge is 0.506 e. The summed E-state index contributed by atoms with van der Waals surface area (Å²) in [5, 5.41) is 29.1. The average molecular weight is 441 g/mol. The first-order valence-corrected chi connectivity index (χ1v) is 10.8. The van der Waals surface area contributed by atoms with Crippen LogP contribution in [0.15, 0.2) is 42.5 Å². The van der Waals surface area contributed by atoms with E-state index in [0.717, 1.165) is 24.0 Å². The van der Waals surface area contributed by atoms with Crippen molar-refractivity contribution >= 4 is 17.6 Å². The van der Waals surface area contributed by atoms with E-state index in [1.807, 2.05) is 38.1 Å². The quantitative estimate of drug-likeness (QED) is 0.315. The van der Waals surface area contributed by atoms with Gasteiger partial charge in [0.15, 0.2) is 0 Å². The molecule has 0 unspecified atom stereocenters. The van der Waals surface area contributed by atoms with Crippen LogP contribution in [0.5, 0.6) is 5.75 Å². The number of phenols is 1. The van der Waals surface area contributed by atoms with Crippen LogP contribution in [0.2, 0.25) is 0 Å². The van der Waals surface area contributed by atoms with E-state index < -0.39 is 12.1 Å². The van der Waals surface area contributed by atoms with E-state index >= 15 is 0 Å². The monoisotopic (exact) mass is 440 g/mol. The molecule has 1 atom stereocenters. The van der Waals surface area contributed by atoms with Gasteiger partial charge in [-0.05, 0) is 61.9 Å². The molecule has 7 N–H and O–H groups in total. The number of phenolic OH excluding ortho intramolecular Hbond substituents is 1. The molecule has 0 aliphatic heterocycles. The summed E-state index contributed by atoms with van der Waals surface area (Å²) in [6, 6.07) is 12.1. The second-order valence-corrected chi connectivity index (χ2v) is 9.06. The normalized spacial score (nSPS) is 14.6. The van der Waals surface area contributed by atoms with Gasteiger partial charge in [-0.2, -0.15) is 0 Å². The minimum atomic E-state index is -0.847. The lowest BCUT2D eigenvalue weighted by Gasteiger charge is -2.28. The Labute approximate surface area is 188 Å². The van der Waals surface area contributed by atoms with Gasteiger partial charge in [0.2, 0.25) is 5.91 Å². The molecule has 1 fully saturated rings. The Balaban J connectivity index is 1.56. The SMILES string of the molecule is CC(C)(Cc1cccc(CC(=O)NC2CC2)c1)NC[C@H](O)c1ccc(O)c(NC(N)=O)c1. The van der Waals surface area contributed by atoms with Gasteiger partial charge in [0.05, 0.1) is 18.2 Å². The minimum Gasteiger partial charge on any atom is -0.506 e. The molecule has 1 aliphatic rings. The van der Waals surface area contributed by atoms with E-state index in [0.29, 0.717) is 24.4 Å². The Morgan fingerprint density at radius 1 is 1.16 bits per heavy atom. The molecule has 8 nitrogen and oxygen atoms in total. The first-order chi connectivity index (χ1) is 15.1. The first-order valence-electron chi connectivity index (χ1n) is 10.8. The number of aliphatic hydroxyl groups excluding tert-OH is 1. The summed E-state index contributed by atoms with van der Waals surface area (Å²) in [5.41, 5.74) is 7.57. The number of anilines is 1. The van der Waals surface area contributed by atoms with Crippen molar-refractivity contribution in [2.75, 3.05) is 11.9 Å². The molecule has 32 heavy (non-hydrogen) atoms. The third-order valence-corrected chi connectivity index (χ3v) is 5.38. The molecule has 0 bridgehead atoms. The number of primary amides is 1. The third kappa shape index (κ3) is 7.25. The molecule has 1 aliphatic carbocycles. The van der Waals surface area contributed by atoms with E-state index in [2.05, 4.69) is 16.0 Å². The topological polar surface area (TPSA) is 137 Å². The summed E-state index contributed by atoms with van der Waals surface area (Å²) in [6.07, 6.45) is 2.39. The third-order valence-electron chi connectivity index (χ3n) is 5.38. The van der Waals surface area contributed by atoms with Crippen molar-refractivity contribution in [1.82, 2.24) is 10.6 Å². The molecule has 2 aromatic carbocycles. The number of β-amino-alcohol motifs (C(OH)–C–C–N with tert-alkyl or cyclic N) is 1. The summed E-state index contributed by atoms with van der Waals surface area (Å²) in [5.74, 6) is -0.0667. The number of nitrogens with one attached hydrogen (secondary N) is 3. The van der Waals surface area contributed by atoms with Crippen molar-refractivity contribution in [2.45, 2.75) is 57.2 Å². The Kier molecular flexibility index (Phi) is 7.37. The van der Waals surface area contributed by atoms with Crippen molar-refractivity contribution in [1.29, 1.82) is 0 Å². The zero-order chi connectivity index (χ0) is 23.3. The molecule has 0 spiro atoms. The number of aliphatic hydroxyl groups is 1. The zero-order valence-corrected chi connectivity index (χ0v) is 18.5. The van der Waals surface area contributed by atoms with Crippen molar-refractivity contribution in [2.24, 2.45) is 5.73 Å². The number of aromatic hydroxyl groups is 1. The zero-order valence-electron chi connectivity index (χ0n) is 18.5. The molecule has 3 rings (SSSR count). The van der Waals surface area contributed by atoms with Gasteiger partial charge in [-0.1, -0.05) is 30.3 Å². The Morgan fingerprint density at radius 2 is 1.88 bits per heavy atom. The van der Waals surface area contributed by atoms with Crippen LogP contribution in [0.1, 0.15) is 49.5 Å². The Bertz CT molecular complexity index is 972. The summed E-state index contributed by atoms with van der Waals surface area (Å²) in [4.78, 5) is 23.1. The molecule has 0 heterocycles. The lowest BCUT2D eigenvalue weighted by molar-refractivity contribution is -0.120. The fourth-order valence-electron chi connectivity index (χ4n) is 3.60. The molecular formula is C24H32N4O4. The van der Waals surface area contributed by atoms with E-state index in [4.69, 9.17) is 5.73 Å². The lowest BCUT2D eigenvalue weighted by Crippen LogP contribution is -2.43. The van der Waals surface area contributed by atoms with Crippen LogP contribution in [-0.4, -0.2) is 40.3 Å². The highest BCUT2D eigenvalue weighted by atomic mass is 16.3. The first kappa shape index (κ1) is 23.6. The van der Waals surface area contributed by atoms with Crippen LogP contribution in [0.4, 0.5) is 10.5 Å². The number of carbonyl (C=O) groups is 2. The number of benzene rings is 2.